The number of hydrogen-bond donors (Lipinski definition) is 2. The Hall–Kier alpha value is -3.20. The average molecular weight is 400 g/mol. The van der Waals surface area contributed by atoms with E-state index in [2.05, 4.69) is 15.8 Å². The van der Waals surface area contributed by atoms with Gasteiger partial charge in [0.1, 0.15) is 17.3 Å². The molecule has 9 nitrogen and oxygen atoms in total. The fraction of sp³-hybridized carbons (Fsp3) is 0.400. The molecule has 0 saturated heterocycles. The first-order chi connectivity index (χ1) is 14.1. The Kier molecular flexibility index (Phi) is 6.96. The van der Waals surface area contributed by atoms with Gasteiger partial charge in [0.05, 0.1) is 36.4 Å². The van der Waals surface area contributed by atoms with Crippen LogP contribution >= 0.6 is 0 Å². The van der Waals surface area contributed by atoms with E-state index in [1.54, 1.807) is 18.2 Å². The van der Waals surface area contributed by atoms with Crippen molar-refractivity contribution in [1.29, 1.82) is 0 Å². The van der Waals surface area contributed by atoms with Crippen molar-refractivity contribution in [1.82, 2.24) is 10.7 Å². The number of non-ortho nitro benzene ring substituents is 1. The Balaban J connectivity index is 1.56. The largest absolute Gasteiger partial charge is 0.496 e. The van der Waals surface area contributed by atoms with E-state index in [1.165, 1.54) is 44.7 Å². The summed E-state index contributed by atoms with van der Waals surface area (Å²) in [5, 5.41) is 18.1. The quantitative estimate of drug-likeness (QED) is 0.399. The molecule has 0 spiro atoms. The molecule has 1 aromatic carbocycles. The van der Waals surface area contributed by atoms with Gasteiger partial charge in [0.25, 0.3) is 11.6 Å². The second-order valence-electron chi connectivity index (χ2n) is 6.85. The van der Waals surface area contributed by atoms with Gasteiger partial charge in [0, 0.05) is 12.1 Å². The maximum Gasteiger partial charge on any atom is 0.273 e. The maximum atomic E-state index is 11.9. The summed E-state index contributed by atoms with van der Waals surface area (Å²) < 4.78 is 10.9. The lowest BCUT2D eigenvalue weighted by Gasteiger charge is -2.22. The van der Waals surface area contributed by atoms with Gasteiger partial charge in [-0.1, -0.05) is 19.3 Å². The SMILES string of the molecule is COc1cc([N+](=O)[O-])ccc1-c1ccc(/C=N\NC(=O)CNC2CCCCC2)o1. The number of rotatable bonds is 8. The van der Waals surface area contributed by atoms with Crippen LogP contribution in [-0.2, 0) is 4.79 Å². The highest BCUT2D eigenvalue weighted by Crippen LogP contribution is 2.34. The smallest absolute Gasteiger partial charge is 0.273 e. The Morgan fingerprint density at radius 2 is 2.10 bits per heavy atom. The molecular weight excluding hydrogens is 376 g/mol. The predicted molar refractivity (Wildman–Crippen MR) is 108 cm³/mol. The molecule has 1 aliphatic carbocycles. The molecule has 0 radical (unpaired) electrons. The second-order valence-corrected chi connectivity index (χ2v) is 6.85. The van der Waals surface area contributed by atoms with Gasteiger partial charge in [-0.15, -0.1) is 0 Å². The lowest BCUT2D eigenvalue weighted by molar-refractivity contribution is -0.384. The highest BCUT2D eigenvalue weighted by Gasteiger charge is 2.15. The van der Waals surface area contributed by atoms with Crippen LogP contribution in [0.5, 0.6) is 5.75 Å². The molecule has 2 N–H and O–H groups in total. The van der Waals surface area contributed by atoms with E-state index in [9.17, 15) is 14.9 Å². The highest BCUT2D eigenvalue weighted by molar-refractivity contribution is 5.82. The number of hydrazone groups is 1. The van der Waals surface area contributed by atoms with Crippen LogP contribution in [0.25, 0.3) is 11.3 Å². The van der Waals surface area contributed by atoms with Crippen LogP contribution in [0.15, 0.2) is 39.9 Å². The van der Waals surface area contributed by atoms with Crippen LogP contribution in [0.3, 0.4) is 0 Å². The van der Waals surface area contributed by atoms with Gasteiger partial charge in [-0.05, 0) is 31.0 Å². The number of nitrogens with zero attached hydrogens (tertiary/aromatic N) is 2. The minimum Gasteiger partial charge on any atom is -0.496 e. The third-order valence-corrected chi connectivity index (χ3v) is 4.83. The molecule has 2 aromatic rings. The Bertz CT molecular complexity index is 887. The predicted octanol–water partition coefficient (Wildman–Crippen LogP) is 3.24. The summed E-state index contributed by atoms with van der Waals surface area (Å²) >= 11 is 0. The van der Waals surface area contributed by atoms with Crippen molar-refractivity contribution in [2.24, 2.45) is 5.10 Å². The number of carbonyl (C=O) groups excluding carboxylic acids is 1. The number of nitrogens with one attached hydrogen (secondary N) is 2. The number of furan rings is 1. The number of amides is 1. The summed E-state index contributed by atoms with van der Waals surface area (Å²) in [6.07, 6.45) is 7.30. The maximum absolute atomic E-state index is 11.9. The average Bonchev–Trinajstić information content (AvgIpc) is 3.21. The molecule has 0 unspecified atom stereocenters. The Morgan fingerprint density at radius 3 is 2.83 bits per heavy atom. The van der Waals surface area contributed by atoms with Gasteiger partial charge in [-0.25, -0.2) is 5.43 Å². The molecule has 29 heavy (non-hydrogen) atoms. The molecule has 1 saturated carbocycles. The molecule has 1 amide bonds. The van der Waals surface area contributed by atoms with E-state index < -0.39 is 4.92 Å². The zero-order valence-electron chi connectivity index (χ0n) is 16.2. The van der Waals surface area contributed by atoms with Gasteiger partial charge in [-0.3, -0.25) is 14.9 Å². The Labute approximate surface area is 168 Å². The first-order valence-corrected chi connectivity index (χ1v) is 9.54. The third-order valence-electron chi connectivity index (χ3n) is 4.83. The van der Waals surface area contributed by atoms with Crippen LogP contribution < -0.4 is 15.5 Å². The normalized spacial score (nSPS) is 14.8. The second kappa shape index (κ2) is 9.83. The number of benzene rings is 1. The van der Waals surface area contributed by atoms with Crippen molar-refractivity contribution < 1.29 is 18.9 Å². The lowest BCUT2D eigenvalue weighted by Crippen LogP contribution is -2.38. The summed E-state index contributed by atoms with van der Waals surface area (Å²) in [6, 6.07) is 8.08. The van der Waals surface area contributed by atoms with E-state index in [0.29, 0.717) is 28.9 Å². The molecule has 3 rings (SSSR count). The van der Waals surface area contributed by atoms with Gasteiger partial charge < -0.3 is 14.5 Å². The van der Waals surface area contributed by atoms with Crippen LogP contribution in [0.2, 0.25) is 0 Å². The number of nitro groups is 1. The summed E-state index contributed by atoms with van der Waals surface area (Å²) in [6.45, 7) is 0.228. The molecule has 0 atom stereocenters. The number of nitro benzene ring substituents is 1. The zero-order valence-corrected chi connectivity index (χ0v) is 16.2. The molecule has 1 fully saturated rings. The van der Waals surface area contributed by atoms with Gasteiger partial charge >= 0.3 is 0 Å². The molecule has 1 aliphatic rings. The van der Waals surface area contributed by atoms with Crippen molar-refractivity contribution >= 4 is 17.8 Å². The highest BCUT2D eigenvalue weighted by atomic mass is 16.6. The summed E-state index contributed by atoms with van der Waals surface area (Å²) in [5.74, 6) is 1.03. The molecule has 0 bridgehead atoms. The first kappa shape index (κ1) is 20.5. The number of hydrogen-bond acceptors (Lipinski definition) is 7. The Morgan fingerprint density at radius 1 is 1.31 bits per heavy atom. The van der Waals surface area contributed by atoms with E-state index in [0.717, 1.165) is 12.8 Å². The van der Waals surface area contributed by atoms with Crippen LogP contribution in [0.4, 0.5) is 5.69 Å². The van der Waals surface area contributed by atoms with Crippen molar-refractivity contribution in [2.75, 3.05) is 13.7 Å². The van der Waals surface area contributed by atoms with Crippen LogP contribution in [0, 0.1) is 10.1 Å². The van der Waals surface area contributed by atoms with Gasteiger partial charge in [0.15, 0.2) is 0 Å². The third kappa shape index (κ3) is 5.64. The minimum absolute atomic E-state index is 0.0662. The molecular formula is C20H24N4O5. The van der Waals surface area contributed by atoms with Gasteiger partial charge in [-0.2, -0.15) is 5.10 Å². The zero-order chi connectivity index (χ0) is 20.6. The van der Waals surface area contributed by atoms with Crippen molar-refractivity contribution in [3.05, 3.63) is 46.2 Å². The van der Waals surface area contributed by atoms with Crippen LogP contribution in [-0.4, -0.2) is 36.7 Å². The topological polar surface area (TPSA) is 119 Å². The molecule has 9 heteroatoms. The standard InChI is InChI=1S/C20H24N4O5/c1-28-19-11-15(24(26)27)7-9-17(19)18-10-8-16(29-18)12-22-23-20(25)13-21-14-5-3-2-4-6-14/h7-12,14,21H,2-6,13H2,1H3,(H,23,25)/b22-12-. The van der Waals surface area contributed by atoms with E-state index in [-0.39, 0.29) is 18.1 Å². The molecule has 1 heterocycles. The van der Waals surface area contributed by atoms with E-state index >= 15 is 0 Å². The number of ether oxygens (including phenoxy) is 1. The van der Waals surface area contributed by atoms with Crippen molar-refractivity contribution in [3.8, 4) is 17.1 Å². The van der Waals surface area contributed by atoms with E-state index in [4.69, 9.17) is 9.15 Å². The molecule has 154 valence electrons. The monoisotopic (exact) mass is 400 g/mol. The molecule has 0 aliphatic heterocycles. The van der Waals surface area contributed by atoms with Crippen molar-refractivity contribution in [2.45, 2.75) is 38.1 Å². The fourth-order valence-electron chi connectivity index (χ4n) is 3.32. The lowest BCUT2D eigenvalue weighted by atomic mass is 9.95. The number of methoxy groups -OCH3 is 1. The number of carbonyl (C=O) groups is 1. The summed E-state index contributed by atoms with van der Waals surface area (Å²) in [4.78, 5) is 22.3. The summed E-state index contributed by atoms with van der Waals surface area (Å²) in [5.41, 5.74) is 2.99. The molecule has 1 aromatic heterocycles. The summed E-state index contributed by atoms with van der Waals surface area (Å²) in [7, 11) is 1.44. The first-order valence-electron chi connectivity index (χ1n) is 9.54. The van der Waals surface area contributed by atoms with E-state index in [1.807, 2.05) is 0 Å². The van der Waals surface area contributed by atoms with Crippen LogP contribution in [0.1, 0.15) is 37.9 Å². The van der Waals surface area contributed by atoms with Crippen molar-refractivity contribution in [3.63, 3.8) is 0 Å². The van der Waals surface area contributed by atoms with Gasteiger partial charge in [0.2, 0.25) is 0 Å². The minimum atomic E-state index is -0.488. The fourth-order valence-corrected chi connectivity index (χ4v) is 3.32.